The molecule has 3 nitrogen and oxygen atoms in total. The smallest absolute Gasteiger partial charge is 0.233 e. The number of carbonyl (C=O) groups excluding carboxylic acids is 1. The summed E-state index contributed by atoms with van der Waals surface area (Å²) in [5.74, 6) is 0.875. The molecule has 0 atom stereocenters. The van der Waals surface area contributed by atoms with E-state index in [-0.39, 0.29) is 5.41 Å². The first kappa shape index (κ1) is 13.5. The molecule has 108 valence electrons. The Morgan fingerprint density at radius 3 is 2.35 bits per heavy atom. The van der Waals surface area contributed by atoms with Gasteiger partial charge in [0.15, 0.2) is 0 Å². The summed E-state index contributed by atoms with van der Waals surface area (Å²) >= 11 is 0. The fourth-order valence-electron chi connectivity index (χ4n) is 3.01. The number of amides is 1. The molecular weight excluding hydrogens is 248 g/mol. The van der Waals surface area contributed by atoms with Crippen LogP contribution in [0.1, 0.15) is 45.1 Å². The van der Waals surface area contributed by atoms with Gasteiger partial charge in [-0.15, -0.1) is 0 Å². The predicted molar refractivity (Wildman–Crippen MR) is 81.3 cm³/mol. The molecule has 3 heteroatoms. The van der Waals surface area contributed by atoms with Crippen molar-refractivity contribution in [1.29, 1.82) is 0 Å². The molecule has 2 N–H and O–H groups in total. The normalized spacial score (nSPS) is 19.9. The molecule has 0 heterocycles. The molecule has 0 radical (unpaired) electrons. The maximum absolute atomic E-state index is 13.0. The Kier molecular flexibility index (Phi) is 3.23. The SMILES string of the molecule is CC(C)CN(C(=O)C1(c2ccc(N)cc2)CC1)C1CC1. The van der Waals surface area contributed by atoms with Crippen molar-refractivity contribution >= 4 is 11.6 Å². The Labute approximate surface area is 121 Å². The quantitative estimate of drug-likeness (QED) is 0.838. The molecule has 0 saturated heterocycles. The van der Waals surface area contributed by atoms with Crippen LogP contribution in [-0.4, -0.2) is 23.4 Å². The average molecular weight is 272 g/mol. The van der Waals surface area contributed by atoms with Crippen molar-refractivity contribution in [2.75, 3.05) is 12.3 Å². The van der Waals surface area contributed by atoms with Gasteiger partial charge in [-0.05, 0) is 49.3 Å². The molecule has 0 aromatic heterocycles. The topological polar surface area (TPSA) is 46.3 Å². The highest BCUT2D eigenvalue weighted by Gasteiger charge is 2.54. The van der Waals surface area contributed by atoms with E-state index in [1.165, 1.54) is 12.8 Å². The lowest BCUT2D eigenvalue weighted by molar-refractivity contribution is -0.135. The molecule has 20 heavy (non-hydrogen) atoms. The van der Waals surface area contributed by atoms with Crippen molar-refractivity contribution in [1.82, 2.24) is 4.90 Å². The first-order valence-corrected chi connectivity index (χ1v) is 7.70. The molecule has 3 rings (SSSR count). The fourth-order valence-corrected chi connectivity index (χ4v) is 3.01. The highest BCUT2D eigenvalue weighted by molar-refractivity contribution is 5.91. The Hall–Kier alpha value is -1.51. The Morgan fingerprint density at radius 2 is 1.90 bits per heavy atom. The number of nitrogens with zero attached hydrogens (tertiary/aromatic N) is 1. The van der Waals surface area contributed by atoms with Crippen molar-refractivity contribution in [2.45, 2.75) is 51.0 Å². The number of carbonyl (C=O) groups is 1. The molecule has 1 aromatic carbocycles. The van der Waals surface area contributed by atoms with Crippen LogP contribution in [0, 0.1) is 5.92 Å². The van der Waals surface area contributed by atoms with E-state index in [0.29, 0.717) is 17.9 Å². The van der Waals surface area contributed by atoms with Gasteiger partial charge in [0.1, 0.15) is 0 Å². The lowest BCUT2D eigenvalue weighted by Crippen LogP contribution is -2.42. The Morgan fingerprint density at radius 1 is 1.30 bits per heavy atom. The minimum atomic E-state index is -0.245. The van der Waals surface area contributed by atoms with Gasteiger partial charge in [-0.25, -0.2) is 0 Å². The van der Waals surface area contributed by atoms with Crippen LogP contribution in [0.4, 0.5) is 5.69 Å². The van der Waals surface area contributed by atoms with Gasteiger partial charge in [-0.1, -0.05) is 26.0 Å². The first-order valence-electron chi connectivity index (χ1n) is 7.70. The minimum Gasteiger partial charge on any atom is -0.399 e. The molecule has 0 spiro atoms. The first-order chi connectivity index (χ1) is 9.53. The summed E-state index contributed by atoms with van der Waals surface area (Å²) in [5, 5.41) is 0. The standard InChI is InChI=1S/C17H24N2O/c1-12(2)11-19(15-7-8-15)16(20)17(9-10-17)13-3-5-14(18)6-4-13/h3-6,12,15H,7-11,18H2,1-2H3. The number of hydrogen-bond acceptors (Lipinski definition) is 2. The number of anilines is 1. The van der Waals surface area contributed by atoms with E-state index in [0.717, 1.165) is 30.6 Å². The molecule has 0 unspecified atom stereocenters. The van der Waals surface area contributed by atoms with Crippen molar-refractivity contribution in [3.8, 4) is 0 Å². The number of rotatable bonds is 5. The molecule has 1 amide bonds. The van der Waals surface area contributed by atoms with Gasteiger partial charge in [0.2, 0.25) is 5.91 Å². The zero-order valence-corrected chi connectivity index (χ0v) is 12.4. The summed E-state index contributed by atoms with van der Waals surface area (Å²) in [7, 11) is 0. The third-order valence-electron chi connectivity index (χ3n) is 4.43. The monoisotopic (exact) mass is 272 g/mol. The molecule has 2 aliphatic carbocycles. The van der Waals surface area contributed by atoms with E-state index >= 15 is 0 Å². The maximum Gasteiger partial charge on any atom is 0.233 e. The number of nitrogen functional groups attached to an aromatic ring is 1. The minimum absolute atomic E-state index is 0.245. The second kappa shape index (κ2) is 4.80. The Bertz CT molecular complexity index is 498. The van der Waals surface area contributed by atoms with Crippen LogP contribution in [0.3, 0.4) is 0 Å². The molecule has 2 fully saturated rings. The molecule has 1 aromatic rings. The average Bonchev–Trinajstić information content (AvgIpc) is 3.27. The summed E-state index contributed by atoms with van der Waals surface area (Å²) in [6.07, 6.45) is 4.32. The maximum atomic E-state index is 13.0. The van der Waals surface area contributed by atoms with Gasteiger partial charge in [-0.2, -0.15) is 0 Å². The predicted octanol–water partition coefficient (Wildman–Crippen LogP) is 2.95. The van der Waals surface area contributed by atoms with E-state index in [9.17, 15) is 4.79 Å². The van der Waals surface area contributed by atoms with Crippen molar-refractivity contribution < 1.29 is 4.79 Å². The molecule has 0 bridgehead atoms. The molecule has 2 saturated carbocycles. The van der Waals surface area contributed by atoms with Gasteiger partial charge in [0, 0.05) is 18.3 Å². The lowest BCUT2D eigenvalue weighted by atomic mass is 9.93. The molecule has 0 aliphatic heterocycles. The summed E-state index contributed by atoms with van der Waals surface area (Å²) in [5.41, 5.74) is 7.42. The van der Waals surface area contributed by atoms with Gasteiger partial charge < -0.3 is 10.6 Å². The summed E-state index contributed by atoms with van der Waals surface area (Å²) in [4.78, 5) is 15.2. The second-order valence-electron chi connectivity index (χ2n) is 6.79. The highest BCUT2D eigenvalue weighted by atomic mass is 16.2. The van der Waals surface area contributed by atoms with Crippen LogP contribution >= 0.6 is 0 Å². The highest BCUT2D eigenvalue weighted by Crippen LogP contribution is 2.51. The third-order valence-corrected chi connectivity index (χ3v) is 4.43. The van der Waals surface area contributed by atoms with Crippen LogP contribution in [0.25, 0.3) is 0 Å². The van der Waals surface area contributed by atoms with E-state index < -0.39 is 0 Å². The fraction of sp³-hybridized carbons (Fsp3) is 0.588. The number of nitrogens with two attached hydrogens (primary N) is 1. The number of benzene rings is 1. The zero-order chi connectivity index (χ0) is 14.3. The lowest BCUT2D eigenvalue weighted by Gasteiger charge is -2.29. The van der Waals surface area contributed by atoms with E-state index in [2.05, 4.69) is 18.7 Å². The van der Waals surface area contributed by atoms with Crippen LogP contribution in [0.15, 0.2) is 24.3 Å². The van der Waals surface area contributed by atoms with Crippen molar-refractivity contribution in [3.05, 3.63) is 29.8 Å². The summed E-state index contributed by atoms with van der Waals surface area (Å²) in [6.45, 7) is 5.26. The molecule has 2 aliphatic rings. The van der Waals surface area contributed by atoms with Crippen molar-refractivity contribution in [3.63, 3.8) is 0 Å². The van der Waals surface area contributed by atoms with E-state index in [1.807, 2.05) is 24.3 Å². The van der Waals surface area contributed by atoms with Crippen LogP contribution in [0.5, 0.6) is 0 Å². The van der Waals surface area contributed by atoms with Gasteiger partial charge in [-0.3, -0.25) is 4.79 Å². The largest absolute Gasteiger partial charge is 0.399 e. The van der Waals surface area contributed by atoms with Gasteiger partial charge in [0.25, 0.3) is 0 Å². The Balaban J connectivity index is 1.82. The van der Waals surface area contributed by atoms with Crippen LogP contribution in [-0.2, 0) is 10.2 Å². The number of hydrogen-bond donors (Lipinski definition) is 1. The van der Waals surface area contributed by atoms with Crippen LogP contribution in [0.2, 0.25) is 0 Å². The summed E-state index contributed by atoms with van der Waals surface area (Å²) in [6, 6.07) is 8.37. The van der Waals surface area contributed by atoms with Gasteiger partial charge >= 0.3 is 0 Å². The zero-order valence-electron chi connectivity index (χ0n) is 12.4. The third kappa shape index (κ3) is 2.41. The summed E-state index contributed by atoms with van der Waals surface area (Å²) < 4.78 is 0. The van der Waals surface area contributed by atoms with E-state index in [4.69, 9.17) is 5.73 Å². The van der Waals surface area contributed by atoms with Gasteiger partial charge in [0.05, 0.1) is 5.41 Å². The van der Waals surface area contributed by atoms with Crippen LogP contribution < -0.4 is 5.73 Å². The van der Waals surface area contributed by atoms with Crippen molar-refractivity contribution in [2.24, 2.45) is 5.92 Å². The second-order valence-corrected chi connectivity index (χ2v) is 6.79. The molecular formula is C17H24N2O. The van der Waals surface area contributed by atoms with E-state index in [1.54, 1.807) is 0 Å².